The van der Waals surface area contributed by atoms with E-state index in [0.29, 0.717) is 22.9 Å². The third-order valence-electron chi connectivity index (χ3n) is 4.57. The van der Waals surface area contributed by atoms with Gasteiger partial charge in [0.1, 0.15) is 0 Å². The first-order valence-electron chi connectivity index (χ1n) is 9.10. The predicted octanol–water partition coefficient (Wildman–Crippen LogP) is 4.33. The number of hydrogen-bond acceptors (Lipinski definition) is 5. The molecule has 0 unspecified atom stereocenters. The van der Waals surface area contributed by atoms with Gasteiger partial charge in [0, 0.05) is 30.0 Å². The number of benzene rings is 2. The van der Waals surface area contributed by atoms with Gasteiger partial charge in [0.2, 0.25) is 11.8 Å². The molecule has 2 aromatic carbocycles. The number of carbonyl (C=O) groups excluding carboxylic acids is 3. The Hall–Kier alpha value is -3.06. The summed E-state index contributed by atoms with van der Waals surface area (Å²) in [5.41, 5.74) is 2.41. The number of hydrogen-bond donors (Lipinski definition) is 1. The lowest BCUT2D eigenvalue weighted by Gasteiger charge is -2.14. The number of nitrogens with one attached hydrogen (secondary N) is 1. The molecule has 2 heterocycles. The molecule has 28 heavy (non-hydrogen) atoms. The molecule has 0 saturated carbocycles. The van der Waals surface area contributed by atoms with Crippen LogP contribution in [0.4, 0.5) is 11.4 Å². The number of fused-ring (bicyclic) bond motifs is 1. The van der Waals surface area contributed by atoms with E-state index >= 15 is 0 Å². The van der Waals surface area contributed by atoms with E-state index in [9.17, 15) is 14.4 Å². The zero-order valence-corrected chi connectivity index (χ0v) is 16.4. The lowest BCUT2D eigenvalue weighted by atomic mass is 10.1. The Kier molecular flexibility index (Phi) is 4.68. The monoisotopic (exact) mass is 393 g/mol. The highest BCUT2D eigenvalue weighted by atomic mass is 32.1. The first-order valence-corrected chi connectivity index (χ1v) is 9.92. The zero-order valence-electron chi connectivity index (χ0n) is 15.6. The van der Waals surface area contributed by atoms with E-state index in [0.717, 1.165) is 20.1 Å². The predicted molar refractivity (Wildman–Crippen MR) is 110 cm³/mol. The highest BCUT2D eigenvalue weighted by molar-refractivity contribution is 7.18. The van der Waals surface area contributed by atoms with Crippen molar-refractivity contribution < 1.29 is 14.4 Å². The van der Waals surface area contributed by atoms with Crippen molar-refractivity contribution in [3.05, 3.63) is 53.0 Å². The van der Waals surface area contributed by atoms with Crippen LogP contribution >= 0.6 is 11.3 Å². The molecule has 0 atom stereocenters. The second kappa shape index (κ2) is 7.16. The fraction of sp³-hybridized carbons (Fsp3) is 0.238. The van der Waals surface area contributed by atoms with Crippen LogP contribution < -0.4 is 10.2 Å². The minimum Gasteiger partial charge on any atom is -0.322 e. The number of aromatic nitrogens is 1. The van der Waals surface area contributed by atoms with Crippen LogP contribution in [0.25, 0.3) is 10.2 Å². The summed E-state index contributed by atoms with van der Waals surface area (Å²) in [6, 6.07) is 12.2. The van der Waals surface area contributed by atoms with Gasteiger partial charge < -0.3 is 5.32 Å². The Bertz CT molecular complexity index is 1090. The van der Waals surface area contributed by atoms with Crippen molar-refractivity contribution in [1.82, 2.24) is 4.98 Å². The first-order chi connectivity index (χ1) is 13.4. The average molecular weight is 393 g/mol. The first kappa shape index (κ1) is 18.3. The van der Waals surface area contributed by atoms with Gasteiger partial charge in [-0.15, -0.1) is 11.3 Å². The van der Waals surface area contributed by atoms with E-state index in [2.05, 4.69) is 24.1 Å². The molecule has 6 nitrogen and oxygen atoms in total. The molecule has 0 bridgehead atoms. The van der Waals surface area contributed by atoms with Crippen LogP contribution in [-0.4, -0.2) is 22.7 Å². The SMILES string of the molecule is CC(C)c1nc2ccc(NC(=O)c3cccc(N4C(=O)CCC4=O)c3)cc2s1. The quantitative estimate of drug-likeness (QED) is 0.669. The van der Waals surface area contributed by atoms with Gasteiger partial charge in [-0.25, -0.2) is 4.98 Å². The molecular weight excluding hydrogens is 374 g/mol. The van der Waals surface area contributed by atoms with Crippen molar-refractivity contribution in [2.45, 2.75) is 32.6 Å². The Balaban J connectivity index is 1.57. The third-order valence-corrected chi connectivity index (χ3v) is 5.89. The Morgan fingerprint density at radius 3 is 2.57 bits per heavy atom. The van der Waals surface area contributed by atoms with E-state index in [-0.39, 0.29) is 30.6 Å². The van der Waals surface area contributed by atoms with Crippen molar-refractivity contribution in [2.75, 3.05) is 10.2 Å². The fourth-order valence-corrected chi connectivity index (χ4v) is 4.13. The number of rotatable bonds is 4. The van der Waals surface area contributed by atoms with E-state index in [1.807, 2.05) is 18.2 Å². The van der Waals surface area contributed by atoms with Gasteiger partial charge in [0.05, 0.1) is 20.9 Å². The van der Waals surface area contributed by atoms with Crippen molar-refractivity contribution in [2.24, 2.45) is 0 Å². The summed E-state index contributed by atoms with van der Waals surface area (Å²) in [6.07, 6.45) is 0.422. The summed E-state index contributed by atoms with van der Waals surface area (Å²) in [4.78, 5) is 42.3. The Morgan fingerprint density at radius 1 is 1.11 bits per heavy atom. The molecule has 3 amide bonds. The molecule has 3 aromatic rings. The maximum absolute atomic E-state index is 12.7. The van der Waals surface area contributed by atoms with Crippen molar-refractivity contribution >= 4 is 50.6 Å². The maximum Gasteiger partial charge on any atom is 0.255 e. The normalized spacial score (nSPS) is 14.3. The van der Waals surface area contributed by atoms with Crippen LogP contribution in [0, 0.1) is 0 Å². The van der Waals surface area contributed by atoms with Crippen LogP contribution in [0.3, 0.4) is 0 Å². The van der Waals surface area contributed by atoms with E-state index in [1.165, 1.54) is 0 Å². The minimum absolute atomic E-state index is 0.211. The number of nitrogens with zero attached hydrogens (tertiary/aromatic N) is 2. The van der Waals surface area contributed by atoms with Gasteiger partial charge in [-0.1, -0.05) is 19.9 Å². The molecule has 0 radical (unpaired) electrons. The molecular formula is C21H19N3O3S. The lowest BCUT2D eigenvalue weighted by Crippen LogP contribution is -2.28. The van der Waals surface area contributed by atoms with Crippen LogP contribution in [0.1, 0.15) is 48.0 Å². The van der Waals surface area contributed by atoms with E-state index in [4.69, 9.17) is 0 Å². The van der Waals surface area contributed by atoms with Crippen molar-refractivity contribution in [1.29, 1.82) is 0 Å². The topological polar surface area (TPSA) is 79.4 Å². The minimum atomic E-state index is -0.297. The van der Waals surface area contributed by atoms with Gasteiger partial charge in [0.15, 0.2) is 0 Å². The van der Waals surface area contributed by atoms with Crippen molar-refractivity contribution in [3.8, 4) is 0 Å². The van der Waals surface area contributed by atoms with Crippen LogP contribution in [0.5, 0.6) is 0 Å². The van der Waals surface area contributed by atoms with Crippen molar-refractivity contribution in [3.63, 3.8) is 0 Å². The van der Waals surface area contributed by atoms with Crippen LogP contribution in [-0.2, 0) is 9.59 Å². The smallest absolute Gasteiger partial charge is 0.255 e. The largest absolute Gasteiger partial charge is 0.322 e. The number of imide groups is 1. The molecule has 1 fully saturated rings. The third kappa shape index (κ3) is 3.41. The molecule has 1 saturated heterocycles. The number of amides is 3. The van der Waals surface area contributed by atoms with Gasteiger partial charge in [0.25, 0.3) is 5.91 Å². The van der Waals surface area contributed by atoms with Gasteiger partial charge in [-0.05, 0) is 36.4 Å². The molecule has 1 aliphatic heterocycles. The maximum atomic E-state index is 12.7. The molecule has 1 aromatic heterocycles. The highest BCUT2D eigenvalue weighted by Gasteiger charge is 2.30. The Labute approximate surface area is 166 Å². The summed E-state index contributed by atoms with van der Waals surface area (Å²) in [6.45, 7) is 4.20. The van der Waals surface area contributed by atoms with E-state index < -0.39 is 0 Å². The fourth-order valence-electron chi connectivity index (χ4n) is 3.12. The second-order valence-corrected chi connectivity index (χ2v) is 8.08. The Morgan fingerprint density at radius 2 is 1.86 bits per heavy atom. The molecule has 1 aliphatic rings. The molecule has 7 heteroatoms. The molecule has 0 aliphatic carbocycles. The summed E-state index contributed by atoms with van der Waals surface area (Å²) >= 11 is 1.62. The second-order valence-electron chi connectivity index (χ2n) is 7.02. The number of anilines is 2. The molecule has 4 rings (SSSR count). The van der Waals surface area contributed by atoms with Crippen LogP contribution in [0.15, 0.2) is 42.5 Å². The number of thiazole rings is 1. The molecule has 1 N–H and O–H groups in total. The summed E-state index contributed by atoms with van der Waals surface area (Å²) < 4.78 is 1.02. The highest BCUT2D eigenvalue weighted by Crippen LogP contribution is 2.29. The van der Waals surface area contributed by atoms with Crippen LogP contribution in [0.2, 0.25) is 0 Å². The van der Waals surface area contributed by atoms with Gasteiger partial charge >= 0.3 is 0 Å². The number of carbonyl (C=O) groups is 3. The van der Waals surface area contributed by atoms with Gasteiger partial charge in [-0.3, -0.25) is 19.3 Å². The van der Waals surface area contributed by atoms with E-state index in [1.54, 1.807) is 35.6 Å². The average Bonchev–Trinajstić information content (AvgIpc) is 3.24. The standard InChI is InChI=1S/C21H19N3O3S/c1-12(2)21-23-16-7-6-14(11-17(16)28-21)22-20(27)13-4-3-5-15(10-13)24-18(25)8-9-19(24)26/h3-7,10-12H,8-9H2,1-2H3,(H,22,27). The summed E-state index contributed by atoms with van der Waals surface area (Å²) in [7, 11) is 0. The zero-order chi connectivity index (χ0) is 19.8. The molecule has 142 valence electrons. The van der Waals surface area contributed by atoms with Gasteiger partial charge in [-0.2, -0.15) is 0 Å². The summed E-state index contributed by atoms with van der Waals surface area (Å²) in [5, 5.41) is 3.94. The summed E-state index contributed by atoms with van der Waals surface area (Å²) in [5.74, 6) is -0.415. The molecule has 0 spiro atoms. The lowest BCUT2D eigenvalue weighted by molar-refractivity contribution is -0.121.